The Labute approximate surface area is 118 Å². The summed E-state index contributed by atoms with van der Waals surface area (Å²) in [6.07, 6.45) is 0. The maximum absolute atomic E-state index is 13.5. The molecule has 0 unspecified atom stereocenters. The van der Waals surface area contributed by atoms with Crippen molar-refractivity contribution < 1.29 is 19.2 Å². The van der Waals surface area contributed by atoms with Gasteiger partial charge in [-0.15, -0.1) is 0 Å². The first-order valence-electron chi connectivity index (χ1n) is 5.53. The zero-order valence-electron chi connectivity index (χ0n) is 10.0. The number of benzene rings is 2. The van der Waals surface area contributed by atoms with Crippen molar-refractivity contribution in [3.8, 4) is 11.5 Å². The van der Waals surface area contributed by atoms with Crippen molar-refractivity contribution >= 4 is 17.3 Å². The molecule has 7 heteroatoms. The number of nitro groups is 1. The molecule has 5 nitrogen and oxygen atoms in total. The fraction of sp³-hybridized carbons (Fsp3) is 0.0769. The number of aliphatic hydroxyl groups is 1. The Kier molecular flexibility index (Phi) is 4.16. The highest BCUT2D eigenvalue weighted by Gasteiger charge is 2.15. The molecular formula is C13H9ClFNO4. The average molecular weight is 298 g/mol. The second-order valence-electron chi connectivity index (χ2n) is 3.85. The van der Waals surface area contributed by atoms with Crippen molar-refractivity contribution in [3.63, 3.8) is 0 Å². The van der Waals surface area contributed by atoms with Crippen LogP contribution >= 0.6 is 11.6 Å². The van der Waals surface area contributed by atoms with E-state index in [0.29, 0.717) is 10.6 Å². The van der Waals surface area contributed by atoms with Crippen molar-refractivity contribution in [2.45, 2.75) is 6.61 Å². The molecule has 0 amide bonds. The molecule has 0 spiro atoms. The van der Waals surface area contributed by atoms with Crippen LogP contribution in [0.2, 0.25) is 5.02 Å². The maximum Gasteiger partial charge on any atom is 0.305 e. The summed E-state index contributed by atoms with van der Waals surface area (Å²) in [6, 6.07) is 7.92. The molecule has 0 aromatic heterocycles. The predicted molar refractivity (Wildman–Crippen MR) is 70.5 cm³/mol. The lowest BCUT2D eigenvalue weighted by Gasteiger charge is -2.10. The highest BCUT2D eigenvalue weighted by Crippen LogP contribution is 2.32. The van der Waals surface area contributed by atoms with Gasteiger partial charge in [0, 0.05) is 22.7 Å². The number of nitrogens with zero attached hydrogens (tertiary/aromatic N) is 1. The summed E-state index contributed by atoms with van der Waals surface area (Å²) in [4.78, 5) is 9.69. The van der Waals surface area contributed by atoms with E-state index in [-0.39, 0.29) is 18.1 Å². The van der Waals surface area contributed by atoms with E-state index in [1.165, 1.54) is 6.07 Å². The molecule has 0 saturated carbocycles. The van der Waals surface area contributed by atoms with Gasteiger partial charge in [0.25, 0.3) is 0 Å². The molecule has 20 heavy (non-hydrogen) atoms. The molecule has 0 heterocycles. The van der Waals surface area contributed by atoms with E-state index < -0.39 is 16.4 Å². The Morgan fingerprint density at radius 3 is 2.70 bits per heavy atom. The number of ether oxygens (including phenoxy) is 1. The molecule has 0 fully saturated rings. The molecule has 0 aliphatic carbocycles. The molecular weight excluding hydrogens is 289 g/mol. The lowest BCUT2D eigenvalue weighted by molar-refractivity contribution is -0.387. The summed E-state index contributed by atoms with van der Waals surface area (Å²) < 4.78 is 18.9. The van der Waals surface area contributed by atoms with Gasteiger partial charge in [0.2, 0.25) is 5.82 Å². The van der Waals surface area contributed by atoms with E-state index in [0.717, 1.165) is 12.1 Å². The van der Waals surface area contributed by atoms with E-state index in [4.69, 9.17) is 16.3 Å². The molecule has 0 atom stereocenters. The van der Waals surface area contributed by atoms with E-state index in [1.54, 1.807) is 18.2 Å². The number of hydrogen-bond donors (Lipinski definition) is 1. The Bertz CT molecular complexity index is 663. The van der Waals surface area contributed by atoms with Gasteiger partial charge < -0.3 is 9.84 Å². The highest BCUT2D eigenvalue weighted by atomic mass is 35.5. The molecule has 2 aromatic carbocycles. The van der Waals surface area contributed by atoms with Gasteiger partial charge in [0.05, 0.1) is 11.5 Å². The fourth-order valence-corrected chi connectivity index (χ4v) is 1.84. The summed E-state index contributed by atoms with van der Waals surface area (Å²) >= 11 is 5.89. The Morgan fingerprint density at radius 1 is 1.35 bits per heavy atom. The number of rotatable bonds is 4. The fourth-order valence-electron chi connectivity index (χ4n) is 1.61. The summed E-state index contributed by atoms with van der Waals surface area (Å²) in [7, 11) is 0. The van der Waals surface area contributed by atoms with Crippen molar-refractivity contribution in [1.82, 2.24) is 0 Å². The van der Waals surface area contributed by atoms with Gasteiger partial charge in [0.15, 0.2) is 0 Å². The molecule has 2 aromatic rings. The van der Waals surface area contributed by atoms with Crippen LogP contribution in [0.5, 0.6) is 11.5 Å². The minimum Gasteiger partial charge on any atom is -0.457 e. The first kappa shape index (κ1) is 14.2. The molecule has 0 radical (unpaired) electrons. The third-order valence-electron chi connectivity index (χ3n) is 2.58. The van der Waals surface area contributed by atoms with E-state index in [2.05, 4.69) is 0 Å². The molecule has 1 N–H and O–H groups in total. The second kappa shape index (κ2) is 5.85. The van der Waals surface area contributed by atoms with E-state index in [9.17, 15) is 19.6 Å². The average Bonchev–Trinajstić information content (AvgIpc) is 2.38. The third-order valence-corrected chi connectivity index (χ3v) is 2.93. The largest absolute Gasteiger partial charge is 0.457 e. The van der Waals surface area contributed by atoms with Crippen molar-refractivity contribution in [2.75, 3.05) is 0 Å². The predicted octanol–water partition coefficient (Wildman–Crippen LogP) is 3.67. The van der Waals surface area contributed by atoms with Crippen LogP contribution in [0.25, 0.3) is 0 Å². The number of aliphatic hydroxyl groups excluding tert-OH is 1. The number of halogens is 2. The summed E-state index contributed by atoms with van der Waals surface area (Å²) in [5, 5.41) is 20.0. The number of nitro benzene ring substituents is 1. The SMILES string of the molecule is O=[N+]([O-])c1ccc(Oc2cccc(Cl)c2CO)cc1F. The molecule has 104 valence electrons. The maximum atomic E-state index is 13.5. The smallest absolute Gasteiger partial charge is 0.305 e. The van der Waals surface area contributed by atoms with E-state index >= 15 is 0 Å². The summed E-state index contributed by atoms with van der Waals surface area (Å²) in [5.41, 5.74) is -0.279. The lowest BCUT2D eigenvalue weighted by Crippen LogP contribution is -1.95. The monoisotopic (exact) mass is 297 g/mol. The normalized spacial score (nSPS) is 10.3. The van der Waals surface area contributed by atoms with Crippen molar-refractivity contribution in [3.05, 3.63) is 62.9 Å². The Morgan fingerprint density at radius 2 is 2.10 bits per heavy atom. The molecule has 0 aliphatic rings. The third kappa shape index (κ3) is 2.87. The van der Waals surface area contributed by atoms with Crippen LogP contribution in [0.3, 0.4) is 0 Å². The van der Waals surface area contributed by atoms with Gasteiger partial charge in [-0.05, 0) is 18.2 Å². The van der Waals surface area contributed by atoms with Crippen LogP contribution in [0, 0.1) is 15.9 Å². The van der Waals surface area contributed by atoms with Gasteiger partial charge in [-0.1, -0.05) is 17.7 Å². The standard InChI is InChI=1S/C13H9ClFNO4/c14-10-2-1-3-13(9(10)7-17)20-8-4-5-12(16(18)19)11(15)6-8/h1-6,17H,7H2. The van der Waals surface area contributed by atoms with Gasteiger partial charge in [0.1, 0.15) is 11.5 Å². The second-order valence-corrected chi connectivity index (χ2v) is 4.25. The topological polar surface area (TPSA) is 72.6 Å². The van der Waals surface area contributed by atoms with Gasteiger partial charge in [-0.2, -0.15) is 4.39 Å². The molecule has 0 aliphatic heterocycles. The minimum atomic E-state index is -1.000. The van der Waals surface area contributed by atoms with Crippen molar-refractivity contribution in [2.24, 2.45) is 0 Å². The zero-order chi connectivity index (χ0) is 14.7. The minimum absolute atomic E-state index is 0.0741. The molecule has 0 bridgehead atoms. The summed E-state index contributed by atoms with van der Waals surface area (Å²) in [6.45, 7) is -0.343. The Hall–Kier alpha value is -2.18. The quantitative estimate of drug-likeness (QED) is 0.690. The van der Waals surface area contributed by atoms with Crippen LogP contribution < -0.4 is 4.74 Å². The number of hydrogen-bond acceptors (Lipinski definition) is 4. The zero-order valence-corrected chi connectivity index (χ0v) is 10.8. The van der Waals surface area contributed by atoms with Gasteiger partial charge >= 0.3 is 5.69 Å². The van der Waals surface area contributed by atoms with Crippen LogP contribution in [0.4, 0.5) is 10.1 Å². The van der Waals surface area contributed by atoms with Crippen LogP contribution in [0.15, 0.2) is 36.4 Å². The van der Waals surface area contributed by atoms with Crippen molar-refractivity contribution in [1.29, 1.82) is 0 Å². The van der Waals surface area contributed by atoms with Crippen LogP contribution in [-0.2, 0) is 6.61 Å². The van der Waals surface area contributed by atoms with Crippen LogP contribution in [-0.4, -0.2) is 10.0 Å². The highest BCUT2D eigenvalue weighted by molar-refractivity contribution is 6.31. The first-order valence-corrected chi connectivity index (χ1v) is 5.90. The molecule has 0 saturated heterocycles. The first-order chi connectivity index (χ1) is 9.52. The Balaban J connectivity index is 2.34. The van der Waals surface area contributed by atoms with E-state index in [1.807, 2.05) is 0 Å². The van der Waals surface area contributed by atoms with Gasteiger partial charge in [-0.3, -0.25) is 10.1 Å². The molecule has 2 rings (SSSR count). The van der Waals surface area contributed by atoms with Crippen LogP contribution in [0.1, 0.15) is 5.56 Å². The summed E-state index contributed by atoms with van der Waals surface area (Å²) in [5.74, 6) is -0.668. The lowest BCUT2D eigenvalue weighted by atomic mass is 10.2. The van der Waals surface area contributed by atoms with Gasteiger partial charge in [-0.25, -0.2) is 0 Å².